The molecule has 0 fully saturated rings. The molecule has 1 aromatic rings. The van der Waals surface area contributed by atoms with Crippen LogP contribution in [0, 0.1) is 6.92 Å². The molecule has 0 unspecified atom stereocenters. The molecule has 0 aromatic carbocycles. The summed E-state index contributed by atoms with van der Waals surface area (Å²) in [5.74, 6) is 0.784. The second-order valence-corrected chi connectivity index (χ2v) is 4.99. The first-order valence-electron chi connectivity index (χ1n) is 7.00. The van der Waals surface area contributed by atoms with Crippen LogP contribution in [-0.2, 0) is 6.54 Å². The zero-order chi connectivity index (χ0) is 14.3. The fourth-order valence-electron chi connectivity index (χ4n) is 1.85. The van der Waals surface area contributed by atoms with Crippen LogP contribution in [-0.4, -0.2) is 29.1 Å². The minimum Gasteiger partial charge on any atom is -0.335 e. The molecule has 1 heterocycles. The van der Waals surface area contributed by atoms with E-state index in [9.17, 15) is 0 Å². The molecular formula is C15H26N4. The van der Waals surface area contributed by atoms with Gasteiger partial charge in [0.2, 0.25) is 5.95 Å². The van der Waals surface area contributed by atoms with Crippen molar-refractivity contribution in [2.75, 3.05) is 18.0 Å². The maximum absolute atomic E-state index is 4.62. The van der Waals surface area contributed by atoms with E-state index in [0.717, 1.165) is 37.7 Å². The highest BCUT2D eigenvalue weighted by atomic mass is 15.3. The molecule has 4 heteroatoms. The van der Waals surface area contributed by atoms with Gasteiger partial charge in [0, 0.05) is 36.6 Å². The van der Waals surface area contributed by atoms with E-state index in [2.05, 4.69) is 47.5 Å². The third kappa shape index (κ3) is 4.63. The number of nitrogens with one attached hydrogen (secondary N) is 1. The van der Waals surface area contributed by atoms with Gasteiger partial charge < -0.3 is 10.2 Å². The second kappa shape index (κ2) is 7.89. The Kier molecular flexibility index (Phi) is 6.50. The van der Waals surface area contributed by atoms with Crippen LogP contribution in [0.3, 0.4) is 0 Å². The highest BCUT2D eigenvalue weighted by Gasteiger charge is 2.13. The minimum absolute atomic E-state index is 0.362. The minimum atomic E-state index is 0.362. The standard InChI is InChI=1S/C15H26N4/c1-6-8-16-10-14-11-17-15(18-13(14)5)19(9-7-2)12(3)4/h7,11-12,16H,2,6,8-10H2,1,3-5H3. The van der Waals surface area contributed by atoms with Crippen molar-refractivity contribution in [3.8, 4) is 0 Å². The molecule has 0 saturated carbocycles. The van der Waals surface area contributed by atoms with Crippen molar-refractivity contribution in [2.45, 2.75) is 46.7 Å². The lowest BCUT2D eigenvalue weighted by atomic mass is 10.2. The number of anilines is 1. The Morgan fingerprint density at radius 3 is 2.74 bits per heavy atom. The molecule has 0 spiro atoms. The van der Waals surface area contributed by atoms with Gasteiger partial charge in [-0.1, -0.05) is 13.0 Å². The van der Waals surface area contributed by atoms with Crippen molar-refractivity contribution in [1.82, 2.24) is 15.3 Å². The first-order valence-corrected chi connectivity index (χ1v) is 7.00. The lowest BCUT2D eigenvalue weighted by molar-refractivity contribution is 0.662. The van der Waals surface area contributed by atoms with Gasteiger partial charge in [-0.05, 0) is 33.7 Å². The van der Waals surface area contributed by atoms with Crippen molar-refractivity contribution in [3.05, 3.63) is 30.1 Å². The van der Waals surface area contributed by atoms with Gasteiger partial charge in [-0.3, -0.25) is 0 Å². The molecule has 0 aliphatic carbocycles. The second-order valence-electron chi connectivity index (χ2n) is 4.99. The normalized spacial score (nSPS) is 10.8. The lowest BCUT2D eigenvalue weighted by Gasteiger charge is -2.25. The zero-order valence-electron chi connectivity index (χ0n) is 12.6. The van der Waals surface area contributed by atoms with Gasteiger partial charge in [-0.2, -0.15) is 0 Å². The largest absolute Gasteiger partial charge is 0.335 e. The van der Waals surface area contributed by atoms with Crippen LogP contribution in [0.15, 0.2) is 18.9 Å². The van der Waals surface area contributed by atoms with Crippen molar-refractivity contribution in [1.29, 1.82) is 0 Å². The smallest absolute Gasteiger partial charge is 0.226 e. The summed E-state index contributed by atoms with van der Waals surface area (Å²) >= 11 is 0. The van der Waals surface area contributed by atoms with E-state index >= 15 is 0 Å². The highest BCUT2D eigenvalue weighted by Crippen LogP contribution is 2.13. The number of aromatic nitrogens is 2. The van der Waals surface area contributed by atoms with Crippen molar-refractivity contribution in [3.63, 3.8) is 0 Å². The van der Waals surface area contributed by atoms with E-state index in [-0.39, 0.29) is 0 Å². The number of aryl methyl sites for hydroxylation is 1. The summed E-state index contributed by atoms with van der Waals surface area (Å²) in [6.45, 7) is 14.9. The molecule has 0 aliphatic heterocycles. The summed E-state index contributed by atoms with van der Waals surface area (Å²) in [5, 5.41) is 3.38. The Morgan fingerprint density at radius 1 is 1.47 bits per heavy atom. The lowest BCUT2D eigenvalue weighted by Crippen LogP contribution is -2.32. The topological polar surface area (TPSA) is 41.1 Å². The summed E-state index contributed by atoms with van der Waals surface area (Å²) in [6.07, 6.45) is 4.95. The van der Waals surface area contributed by atoms with Crippen LogP contribution in [0.2, 0.25) is 0 Å². The summed E-state index contributed by atoms with van der Waals surface area (Å²) < 4.78 is 0. The monoisotopic (exact) mass is 262 g/mol. The van der Waals surface area contributed by atoms with E-state index in [1.165, 1.54) is 5.56 Å². The number of hydrogen-bond acceptors (Lipinski definition) is 4. The molecule has 0 saturated heterocycles. The fraction of sp³-hybridized carbons (Fsp3) is 0.600. The molecular weight excluding hydrogens is 236 g/mol. The van der Waals surface area contributed by atoms with E-state index in [4.69, 9.17) is 0 Å². The molecule has 19 heavy (non-hydrogen) atoms. The SMILES string of the molecule is C=CCN(c1ncc(CNCCC)c(C)n1)C(C)C. The van der Waals surface area contributed by atoms with E-state index in [1.807, 2.05) is 19.2 Å². The molecule has 0 atom stereocenters. The van der Waals surface area contributed by atoms with E-state index in [0.29, 0.717) is 6.04 Å². The molecule has 0 amide bonds. The molecule has 4 nitrogen and oxygen atoms in total. The molecule has 0 bridgehead atoms. The van der Waals surface area contributed by atoms with Gasteiger partial charge in [0.15, 0.2) is 0 Å². The van der Waals surface area contributed by atoms with Crippen molar-refractivity contribution in [2.24, 2.45) is 0 Å². The molecule has 0 radical (unpaired) electrons. The first-order chi connectivity index (χ1) is 9.10. The maximum atomic E-state index is 4.62. The highest BCUT2D eigenvalue weighted by molar-refractivity contribution is 5.34. The van der Waals surface area contributed by atoms with Crippen molar-refractivity contribution >= 4 is 5.95 Å². The van der Waals surface area contributed by atoms with Crippen LogP contribution < -0.4 is 10.2 Å². The number of hydrogen-bond donors (Lipinski definition) is 1. The van der Waals surface area contributed by atoms with Crippen LogP contribution in [0.1, 0.15) is 38.4 Å². The maximum Gasteiger partial charge on any atom is 0.226 e. The third-order valence-corrected chi connectivity index (χ3v) is 3.02. The van der Waals surface area contributed by atoms with Gasteiger partial charge in [-0.15, -0.1) is 6.58 Å². The molecule has 0 aliphatic rings. The number of nitrogens with zero attached hydrogens (tertiary/aromatic N) is 3. The summed E-state index contributed by atoms with van der Waals surface area (Å²) in [4.78, 5) is 11.2. The van der Waals surface area contributed by atoms with Gasteiger partial charge in [0.25, 0.3) is 0 Å². The summed E-state index contributed by atoms with van der Waals surface area (Å²) in [6, 6.07) is 0.362. The first kappa shape index (κ1) is 15.6. The van der Waals surface area contributed by atoms with E-state index < -0.39 is 0 Å². The van der Waals surface area contributed by atoms with Gasteiger partial charge in [0.1, 0.15) is 0 Å². The molecule has 106 valence electrons. The quantitative estimate of drug-likeness (QED) is 0.577. The van der Waals surface area contributed by atoms with Crippen molar-refractivity contribution < 1.29 is 0 Å². The third-order valence-electron chi connectivity index (χ3n) is 3.02. The number of rotatable bonds is 8. The van der Waals surface area contributed by atoms with Gasteiger partial charge in [0.05, 0.1) is 0 Å². The van der Waals surface area contributed by atoms with Crippen LogP contribution >= 0.6 is 0 Å². The van der Waals surface area contributed by atoms with Crippen LogP contribution in [0.5, 0.6) is 0 Å². The molecule has 1 N–H and O–H groups in total. The molecule has 1 rings (SSSR count). The average Bonchev–Trinajstić information content (AvgIpc) is 2.37. The Bertz CT molecular complexity index is 401. The van der Waals surface area contributed by atoms with Gasteiger partial charge >= 0.3 is 0 Å². The Hall–Kier alpha value is -1.42. The van der Waals surface area contributed by atoms with Crippen LogP contribution in [0.25, 0.3) is 0 Å². The fourth-order valence-corrected chi connectivity index (χ4v) is 1.85. The summed E-state index contributed by atoms with van der Waals surface area (Å²) in [5.41, 5.74) is 2.21. The predicted molar refractivity (Wildman–Crippen MR) is 81.4 cm³/mol. The Labute approximate surface area is 117 Å². The van der Waals surface area contributed by atoms with Crippen LogP contribution in [0.4, 0.5) is 5.95 Å². The zero-order valence-corrected chi connectivity index (χ0v) is 12.6. The van der Waals surface area contributed by atoms with Gasteiger partial charge in [-0.25, -0.2) is 9.97 Å². The Morgan fingerprint density at radius 2 is 2.21 bits per heavy atom. The summed E-state index contributed by atoms with van der Waals surface area (Å²) in [7, 11) is 0. The predicted octanol–water partition coefficient (Wildman–Crippen LogP) is 2.69. The average molecular weight is 262 g/mol. The molecule has 1 aromatic heterocycles. The van der Waals surface area contributed by atoms with E-state index in [1.54, 1.807) is 0 Å². The Balaban J connectivity index is 2.82.